The number of hydrogen-bond acceptors (Lipinski definition) is 2. The van der Waals surface area contributed by atoms with Crippen molar-refractivity contribution in [3.63, 3.8) is 0 Å². The Morgan fingerprint density at radius 2 is 0.633 bits per heavy atom. The maximum Gasteiger partial charge on any atom is 0.0714 e. The van der Waals surface area contributed by atoms with E-state index in [1.807, 2.05) is 0 Å². The molecule has 0 saturated carbocycles. The highest BCUT2D eigenvalue weighted by molar-refractivity contribution is 6.15. The molecule has 90 heavy (non-hydrogen) atoms. The third-order valence-corrected chi connectivity index (χ3v) is 20.0. The molecule has 0 aliphatic heterocycles. The van der Waals surface area contributed by atoms with Crippen molar-refractivity contribution < 1.29 is 0 Å². The number of para-hydroxylation sites is 3. The summed E-state index contributed by atoms with van der Waals surface area (Å²) in [6.07, 6.45) is 9.99. The average Bonchev–Trinajstić information content (AvgIpc) is 0.669. The quantitative estimate of drug-likeness (QED) is 0.135. The molecule has 0 radical (unpaired) electrons. The van der Waals surface area contributed by atoms with Crippen molar-refractivity contribution >= 4 is 39.2 Å². The van der Waals surface area contributed by atoms with Crippen LogP contribution in [-0.2, 0) is 32.5 Å². The smallest absolute Gasteiger partial charge is 0.0714 e. The minimum atomic E-state index is -0.797. The zero-order chi connectivity index (χ0) is 62.5. The number of hydrogen-bond donors (Lipinski definition) is 0. The van der Waals surface area contributed by atoms with Gasteiger partial charge in [0.25, 0.3) is 0 Å². The van der Waals surface area contributed by atoms with Crippen LogP contribution in [0.25, 0.3) is 33.0 Å². The van der Waals surface area contributed by atoms with Crippen molar-refractivity contribution in [2.24, 2.45) is 0 Å². The van der Waals surface area contributed by atoms with Crippen molar-refractivity contribution in [3.05, 3.63) is 340 Å². The van der Waals surface area contributed by atoms with E-state index in [1.165, 1.54) is 111 Å². The molecule has 14 rings (SSSR count). The first-order chi connectivity index (χ1) is 43.2. The van der Waals surface area contributed by atoms with E-state index in [-0.39, 0.29) is 27.7 Å². The number of anilines is 5. The van der Waals surface area contributed by atoms with Crippen molar-refractivity contribution in [2.45, 2.75) is 128 Å². The summed E-state index contributed by atoms with van der Waals surface area (Å²) in [6, 6.07) is 96.9. The van der Waals surface area contributed by atoms with Gasteiger partial charge in [0, 0.05) is 28.4 Å². The minimum absolute atomic E-state index is 0.0464. The average molecular weight is 1170 g/mol. The Hall–Kier alpha value is -9.24. The van der Waals surface area contributed by atoms with Gasteiger partial charge in [-0.3, -0.25) is 0 Å². The summed E-state index contributed by atoms with van der Waals surface area (Å²) < 4.78 is 0. The molecule has 2 nitrogen and oxygen atoms in total. The van der Waals surface area contributed by atoms with Crippen LogP contribution < -0.4 is 9.80 Å². The van der Waals surface area contributed by atoms with Gasteiger partial charge < -0.3 is 9.80 Å². The first kappa shape index (κ1) is 58.4. The molecule has 0 saturated heterocycles. The maximum atomic E-state index is 2.58. The van der Waals surface area contributed by atoms with Crippen LogP contribution in [0.2, 0.25) is 0 Å². The summed E-state index contributed by atoms with van der Waals surface area (Å²) in [7, 11) is 0. The lowest BCUT2D eigenvalue weighted by Crippen LogP contribution is -2.37. The van der Waals surface area contributed by atoms with Crippen LogP contribution >= 0.6 is 0 Å². The van der Waals surface area contributed by atoms with Crippen LogP contribution in [0, 0.1) is 0 Å². The SMILES string of the molecule is CC(C)(C)c1ccc(C2(c3ccc(C(C)(C)C)cc3)c3cc(N(c4ccccc4)c4ccccc4)ccc3-c3ccc4c5c(ccc2c35)C(c2ccc(C(C)(C)C)cc2)(c2ccc(C(C)(C)C)cc2)c2cc(N(c3ccccc3)C3C=CC=CC3)ccc2-4)cc1. The Bertz CT molecular complexity index is 4380. The monoisotopic (exact) mass is 1170 g/mol. The van der Waals surface area contributed by atoms with E-state index >= 15 is 0 Å². The number of fused-ring (bicyclic) bond motifs is 4. The van der Waals surface area contributed by atoms with Gasteiger partial charge in [0.15, 0.2) is 0 Å². The summed E-state index contributed by atoms with van der Waals surface area (Å²) in [5.74, 6) is 0. The first-order valence-corrected chi connectivity index (χ1v) is 32.6. The summed E-state index contributed by atoms with van der Waals surface area (Å²) in [4.78, 5) is 5.00. The molecule has 3 aliphatic rings. The Labute approximate surface area is 536 Å². The Morgan fingerprint density at radius 1 is 0.300 bits per heavy atom. The number of nitrogens with zero attached hydrogens (tertiary/aromatic N) is 2. The number of allylic oxidation sites excluding steroid dienone is 2. The summed E-state index contributed by atoms with van der Waals surface area (Å²) >= 11 is 0. The lowest BCUT2D eigenvalue weighted by atomic mass is 9.55. The molecule has 11 aromatic carbocycles. The lowest BCUT2D eigenvalue weighted by molar-refractivity contribution is 0.587. The van der Waals surface area contributed by atoms with E-state index in [4.69, 9.17) is 0 Å². The summed E-state index contributed by atoms with van der Waals surface area (Å²) in [6.45, 7) is 28.0. The molecule has 446 valence electrons. The zero-order valence-corrected chi connectivity index (χ0v) is 54.7. The van der Waals surface area contributed by atoms with Gasteiger partial charge in [0.05, 0.1) is 16.9 Å². The predicted molar refractivity (Wildman–Crippen MR) is 383 cm³/mol. The van der Waals surface area contributed by atoms with Crippen LogP contribution in [0.5, 0.6) is 0 Å². The molecule has 2 heteroatoms. The second-order valence-electron chi connectivity index (χ2n) is 29.7. The van der Waals surface area contributed by atoms with Gasteiger partial charge in [-0.1, -0.05) is 295 Å². The highest BCUT2D eigenvalue weighted by atomic mass is 15.2. The van der Waals surface area contributed by atoms with Crippen molar-refractivity contribution in [1.82, 2.24) is 0 Å². The third-order valence-electron chi connectivity index (χ3n) is 20.0. The van der Waals surface area contributed by atoms with E-state index in [1.54, 1.807) is 0 Å². The van der Waals surface area contributed by atoms with Crippen LogP contribution in [0.4, 0.5) is 28.4 Å². The van der Waals surface area contributed by atoms with Crippen LogP contribution in [0.1, 0.15) is 156 Å². The molecule has 11 aromatic rings. The zero-order valence-electron chi connectivity index (χ0n) is 54.7. The molecule has 1 atom stereocenters. The second-order valence-corrected chi connectivity index (χ2v) is 29.7. The van der Waals surface area contributed by atoms with Crippen LogP contribution in [0.3, 0.4) is 0 Å². The minimum Gasteiger partial charge on any atom is -0.334 e. The van der Waals surface area contributed by atoms with Gasteiger partial charge in [0.2, 0.25) is 0 Å². The fourth-order valence-electron chi connectivity index (χ4n) is 15.2. The van der Waals surface area contributed by atoms with Crippen LogP contribution in [-0.4, -0.2) is 6.04 Å². The normalized spacial score (nSPS) is 15.5. The lowest BCUT2D eigenvalue weighted by Gasteiger charge is -2.47. The van der Waals surface area contributed by atoms with E-state index < -0.39 is 10.8 Å². The number of rotatable bonds is 10. The topological polar surface area (TPSA) is 6.48 Å². The van der Waals surface area contributed by atoms with Gasteiger partial charge in [-0.25, -0.2) is 0 Å². The highest BCUT2D eigenvalue weighted by Gasteiger charge is 2.50. The van der Waals surface area contributed by atoms with E-state index in [0.29, 0.717) is 0 Å². The molecular formula is C88H84N2. The molecule has 0 fully saturated rings. The van der Waals surface area contributed by atoms with E-state index in [9.17, 15) is 0 Å². The number of benzene rings is 11. The maximum absolute atomic E-state index is 2.58. The molecule has 0 aromatic heterocycles. The largest absolute Gasteiger partial charge is 0.334 e. The van der Waals surface area contributed by atoms with E-state index in [0.717, 1.165) is 23.5 Å². The fourth-order valence-corrected chi connectivity index (χ4v) is 15.2. The van der Waals surface area contributed by atoms with Gasteiger partial charge in [-0.05, 0) is 189 Å². The molecular weight excluding hydrogens is 1080 g/mol. The van der Waals surface area contributed by atoms with Gasteiger partial charge >= 0.3 is 0 Å². The van der Waals surface area contributed by atoms with Crippen molar-refractivity contribution in [3.8, 4) is 22.3 Å². The van der Waals surface area contributed by atoms with Gasteiger partial charge in [-0.15, -0.1) is 0 Å². The molecule has 0 bridgehead atoms. The fraction of sp³-hybridized carbons (Fsp3) is 0.227. The highest BCUT2D eigenvalue weighted by Crippen LogP contribution is 2.63. The predicted octanol–water partition coefficient (Wildman–Crippen LogP) is 23.2. The molecule has 3 aliphatic carbocycles. The summed E-state index contributed by atoms with van der Waals surface area (Å²) in [5, 5.41) is 2.60. The van der Waals surface area contributed by atoms with Crippen molar-refractivity contribution in [2.75, 3.05) is 9.80 Å². The molecule has 0 spiro atoms. The molecule has 0 amide bonds. The second kappa shape index (κ2) is 21.8. The Morgan fingerprint density at radius 3 is 0.978 bits per heavy atom. The van der Waals surface area contributed by atoms with Gasteiger partial charge in [-0.2, -0.15) is 0 Å². The van der Waals surface area contributed by atoms with Crippen LogP contribution in [0.15, 0.2) is 273 Å². The Balaban J connectivity index is 1.15. The Kier molecular flexibility index (Phi) is 14.1. The standard InChI is InChI=1S/C88H84N2/c1-83(2,3)59-33-41-63(42-34-59)87(64-43-35-60(36-44-64)84(4,5)6)77-55-56-78-82-76(54-53-75(81(77)82)73-51-49-71(57-79(73)87)89(67-25-17-13-18-26-67)68-27-19-14-20-28-68)74-52-50-72(90(69-29-21-15-22-30-69)70-31-23-16-24-32-70)58-80(74)88(78,65-45-37-61(38-46-65)85(7,8)9)66-47-39-62(40-48-66)86(10,11)12/h13-31,33-58,70H,32H2,1-12H3. The molecule has 0 heterocycles. The van der Waals surface area contributed by atoms with Gasteiger partial charge in [0.1, 0.15) is 0 Å². The molecule has 0 N–H and O–H groups in total. The first-order valence-electron chi connectivity index (χ1n) is 32.6. The van der Waals surface area contributed by atoms with Crippen molar-refractivity contribution in [1.29, 1.82) is 0 Å². The summed E-state index contributed by atoms with van der Waals surface area (Å²) in [5.41, 5.74) is 24.2. The molecule has 1 unspecified atom stereocenters. The van der Waals surface area contributed by atoms with E-state index in [2.05, 4.69) is 366 Å². The third kappa shape index (κ3) is 9.60.